The topological polar surface area (TPSA) is 66.6 Å². The van der Waals surface area contributed by atoms with Gasteiger partial charge in [0, 0.05) is 10.6 Å². The van der Waals surface area contributed by atoms with Crippen LogP contribution >= 0.6 is 11.8 Å². The van der Waals surface area contributed by atoms with E-state index in [2.05, 4.69) is 15.8 Å². The molecule has 0 aliphatic carbocycles. The first-order valence-electron chi connectivity index (χ1n) is 7.69. The monoisotopic (exact) mass is 351 g/mol. The van der Waals surface area contributed by atoms with Crippen LogP contribution in [-0.4, -0.2) is 12.2 Å². The van der Waals surface area contributed by atoms with Gasteiger partial charge in [-0.1, -0.05) is 48.2 Å². The van der Waals surface area contributed by atoms with E-state index < -0.39 is 6.03 Å². The third kappa shape index (κ3) is 4.99. The maximum absolute atomic E-state index is 11.8. The van der Waals surface area contributed by atoms with Crippen molar-refractivity contribution in [1.29, 1.82) is 0 Å². The number of hydrazone groups is 1. The highest BCUT2D eigenvalue weighted by molar-refractivity contribution is 7.99. The summed E-state index contributed by atoms with van der Waals surface area (Å²) in [5.74, 6) is 0.564. The Balaban J connectivity index is 1.52. The summed E-state index contributed by atoms with van der Waals surface area (Å²) in [6.45, 7) is 1.92. The number of carbonyl (C=O) groups is 1. The number of carbonyl (C=O) groups excluding carboxylic acids is 1. The van der Waals surface area contributed by atoms with Gasteiger partial charge in [0.2, 0.25) is 0 Å². The molecular weight excluding hydrogens is 334 g/mol. The molecule has 2 aromatic carbocycles. The predicted molar refractivity (Wildman–Crippen MR) is 100 cm³/mol. The standard InChI is InChI=1S/C19H17N3O2S/c1-14-7-5-6-10-17(14)21-19(23)22-20-13-15-11-12-18(24-15)25-16-8-3-2-4-9-16/h2-13H,1H3,(H2,21,22,23). The lowest BCUT2D eigenvalue weighted by molar-refractivity contribution is 0.252. The number of aryl methyl sites for hydroxylation is 1. The van der Waals surface area contributed by atoms with E-state index >= 15 is 0 Å². The smallest absolute Gasteiger partial charge is 0.339 e. The summed E-state index contributed by atoms with van der Waals surface area (Å²) in [7, 11) is 0. The van der Waals surface area contributed by atoms with Crippen LogP contribution in [0.15, 0.2) is 86.2 Å². The molecule has 1 aromatic heterocycles. The van der Waals surface area contributed by atoms with Gasteiger partial charge in [0.1, 0.15) is 5.76 Å². The number of hydrogen-bond donors (Lipinski definition) is 2. The third-order valence-corrected chi connectivity index (χ3v) is 4.24. The molecule has 0 atom stereocenters. The molecule has 6 heteroatoms. The summed E-state index contributed by atoms with van der Waals surface area (Å²) in [4.78, 5) is 12.9. The van der Waals surface area contributed by atoms with Crippen LogP contribution in [0, 0.1) is 6.92 Å². The highest BCUT2D eigenvalue weighted by Gasteiger charge is 2.04. The van der Waals surface area contributed by atoms with Crippen molar-refractivity contribution >= 4 is 29.7 Å². The number of furan rings is 1. The van der Waals surface area contributed by atoms with Crippen LogP contribution in [0.1, 0.15) is 11.3 Å². The minimum Gasteiger partial charge on any atom is -0.448 e. The highest BCUT2D eigenvalue weighted by atomic mass is 32.2. The Morgan fingerprint density at radius 2 is 1.80 bits per heavy atom. The zero-order valence-corrected chi connectivity index (χ0v) is 14.4. The van der Waals surface area contributed by atoms with Crippen molar-refractivity contribution in [2.45, 2.75) is 16.9 Å². The van der Waals surface area contributed by atoms with E-state index in [-0.39, 0.29) is 0 Å². The van der Waals surface area contributed by atoms with Crippen molar-refractivity contribution < 1.29 is 9.21 Å². The molecule has 3 rings (SSSR count). The maximum atomic E-state index is 11.8. The number of hydrogen-bond acceptors (Lipinski definition) is 4. The quantitative estimate of drug-likeness (QED) is 0.508. The molecule has 0 saturated carbocycles. The van der Waals surface area contributed by atoms with Gasteiger partial charge in [0.15, 0.2) is 5.09 Å². The van der Waals surface area contributed by atoms with Gasteiger partial charge in [0.25, 0.3) is 0 Å². The van der Waals surface area contributed by atoms with Crippen LogP contribution in [0.25, 0.3) is 0 Å². The average molecular weight is 351 g/mol. The lowest BCUT2D eigenvalue weighted by atomic mass is 10.2. The first-order valence-corrected chi connectivity index (χ1v) is 8.51. The van der Waals surface area contributed by atoms with Gasteiger partial charge in [0.05, 0.1) is 6.21 Å². The molecule has 0 fully saturated rings. The summed E-state index contributed by atoms with van der Waals surface area (Å²) in [6, 6.07) is 20.7. The second kappa shape index (κ2) is 8.21. The minimum absolute atomic E-state index is 0.406. The van der Waals surface area contributed by atoms with Gasteiger partial charge in [-0.15, -0.1) is 0 Å². The molecule has 0 radical (unpaired) electrons. The Kier molecular flexibility index (Phi) is 5.53. The van der Waals surface area contributed by atoms with E-state index in [0.717, 1.165) is 21.2 Å². The Labute approximate surface area is 150 Å². The molecule has 2 amide bonds. The number of nitrogens with zero attached hydrogens (tertiary/aromatic N) is 1. The summed E-state index contributed by atoms with van der Waals surface area (Å²) < 4.78 is 5.65. The number of amides is 2. The molecule has 0 spiro atoms. The maximum Gasteiger partial charge on any atom is 0.339 e. The normalized spacial score (nSPS) is 10.8. The summed E-state index contributed by atoms with van der Waals surface area (Å²) in [6.07, 6.45) is 1.46. The molecular formula is C19H17N3O2S. The van der Waals surface area contributed by atoms with Gasteiger partial charge in [-0.3, -0.25) is 0 Å². The zero-order valence-electron chi connectivity index (χ0n) is 13.6. The second-order valence-electron chi connectivity index (χ2n) is 5.21. The molecule has 5 nitrogen and oxygen atoms in total. The number of nitrogens with one attached hydrogen (secondary N) is 2. The van der Waals surface area contributed by atoms with Crippen LogP contribution in [0.5, 0.6) is 0 Å². The lowest BCUT2D eigenvalue weighted by Crippen LogP contribution is -2.24. The molecule has 0 saturated heterocycles. The predicted octanol–water partition coefficient (Wildman–Crippen LogP) is 4.89. The van der Waals surface area contributed by atoms with E-state index in [4.69, 9.17) is 4.42 Å². The van der Waals surface area contributed by atoms with Crippen molar-refractivity contribution in [3.8, 4) is 0 Å². The van der Waals surface area contributed by atoms with Crippen molar-refractivity contribution in [1.82, 2.24) is 5.43 Å². The van der Waals surface area contributed by atoms with Crippen LogP contribution in [0.2, 0.25) is 0 Å². The van der Waals surface area contributed by atoms with Crippen molar-refractivity contribution in [3.05, 3.63) is 78.1 Å². The van der Waals surface area contributed by atoms with Crippen molar-refractivity contribution in [3.63, 3.8) is 0 Å². The van der Waals surface area contributed by atoms with Crippen LogP contribution in [0.3, 0.4) is 0 Å². The van der Waals surface area contributed by atoms with E-state index in [0.29, 0.717) is 5.76 Å². The molecule has 2 N–H and O–H groups in total. The summed E-state index contributed by atoms with van der Waals surface area (Å²) in [5.41, 5.74) is 4.15. The Hall–Kier alpha value is -2.99. The summed E-state index contributed by atoms with van der Waals surface area (Å²) in [5, 5.41) is 7.39. The van der Waals surface area contributed by atoms with Gasteiger partial charge in [-0.05, 0) is 42.8 Å². The molecule has 0 unspecified atom stereocenters. The fraction of sp³-hybridized carbons (Fsp3) is 0.0526. The molecule has 3 aromatic rings. The minimum atomic E-state index is -0.406. The van der Waals surface area contributed by atoms with E-state index in [1.54, 1.807) is 6.07 Å². The fourth-order valence-electron chi connectivity index (χ4n) is 2.08. The van der Waals surface area contributed by atoms with Crippen molar-refractivity contribution in [2.24, 2.45) is 5.10 Å². The van der Waals surface area contributed by atoms with Crippen LogP contribution in [0.4, 0.5) is 10.5 Å². The number of anilines is 1. The van der Waals surface area contributed by atoms with Gasteiger partial charge in [-0.25, -0.2) is 10.2 Å². The largest absolute Gasteiger partial charge is 0.448 e. The average Bonchev–Trinajstić information content (AvgIpc) is 3.05. The van der Waals surface area contributed by atoms with Gasteiger partial charge < -0.3 is 9.73 Å². The SMILES string of the molecule is Cc1ccccc1NC(=O)NN=Cc1ccc(Sc2ccccc2)o1. The molecule has 1 heterocycles. The Morgan fingerprint density at radius 1 is 1.04 bits per heavy atom. The third-order valence-electron chi connectivity index (χ3n) is 3.31. The molecule has 126 valence electrons. The Morgan fingerprint density at radius 3 is 2.60 bits per heavy atom. The zero-order chi connectivity index (χ0) is 17.5. The first kappa shape index (κ1) is 16.9. The van der Waals surface area contributed by atoms with E-state index in [1.165, 1.54) is 18.0 Å². The second-order valence-corrected chi connectivity index (χ2v) is 6.29. The molecule has 25 heavy (non-hydrogen) atoms. The molecule has 0 bridgehead atoms. The van der Waals surface area contributed by atoms with Crippen LogP contribution < -0.4 is 10.7 Å². The van der Waals surface area contributed by atoms with Crippen LogP contribution in [-0.2, 0) is 0 Å². The number of benzene rings is 2. The fourth-order valence-corrected chi connectivity index (χ4v) is 2.88. The molecule has 0 aliphatic heterocycles. The number of urea groups is 1. The Bertz CT molecular complexity index is 875. The van der Waals surface area contributed by atoms with Crippen molar-refractivity contribution in [2.75, 3.05) is 5.32 Å². The van der Waals surface area contributed by atoms with E-state index in [1.807, 2.05) is 67.6 Å². The van der Waals surface area contributed by atoms with Gasteiger partial charge >= 0.3 is 6.03 Å². The van der Waals surface area contributed by atoms with E-state index in [9.17, 15) is 4.79 Å². The number of para-hydroxylation sites is 1. The first-order chi connectivity index (χ1) is 12.2. The highest BCUT2D eigenvalue weighted by Crippen LogP contribution is 2.28. The number of rotatable bonds is 5. The summed E-state index contributed by atoms with van der Waals surface area (Å²) >= 11 is 1.52. The molecule has 0 aliphatic rings. The lowest BCUT2D eigenvalue weighted by Gasteiger charge is -2.06. The van der Waals surface area contributed by atoms with Gasteiger partial charge in [-0.2, -0.15) is 5.10 Å².